The lowest BCUT2D eigenvalue weighted by molar-refractivity contribution is 0.467. The summed E-state index contributed by atoms with van der Waals surface area (Å²) in [6.07, 6.45) is 2.05. The molecule has 1 aromatic rings. The second-order valence-electron chi connectivity index (χ2n) is 2.88. The molecule has 1 aromatic carbocycles. The average molecular weight is 150 g/mol. The third-order valence-corrected chi connectivity index (χ3v) is 1.75. The van der Waals surface area contributed by atoms with Crippen molar-refractivity contribution >= 4 is 0 Å². The van der Waals surface area contributed by atoms with E-state index >= 15 is 0 Å². The van der Waals surface area contributed by atoms with Crippen molar-refractivity contribution in [2.75, 3.05) is 0 Å². The number of hydrogen-bond donors (Lipinski definition) is 1. The molecule has 1 rings (SSSR count). The predicted octanol–water partition coefficient (Wildman–Crippen LogP) is 2.65. The van der Waals surface area contributed by atoms with Gasteiger partial charge < -0.3 is 5.11 Å². The van der Waals surface area contributed by atoms with Crippen LogP contribution in [-0.4, -0.2) is 5.11 Å². The van der Waals surface area contributed by atoms with Crippen molar-refractivity contribution in [2.45, 2.75) is 26.7 Å². The highest BCUT2D eigenvalue weighted by Gasteiger charge is 1.98. The van der Waals surface area contributed by atoms with Crippen LogP contribution in [0.2, 0.25) is 0 Å². The maximum absolute atomic E-state index is 9.37. The largest absolute Gasteiger partial charge is 0.508 e. The number of hydrogen-bond acceptors (Lipinski definition) is 1. The lowest BCUT2D eigenvalue weighted by atomic mass is 10.1. The first-order chi connectivity index (χ1) is 5.24. The molecule has 0 radical (unpaired) electrons. The Hall–Kier alpha value is -0.980. The van der Waals surface area contributed by atoms with Gasteiger partial charge in [-0.2, -0.15) is 0 Å². The maximum Gasteiger partial charge on any atom is 0.118 e. The highest BCUT2D eigenvalue weighted by Crippen LogP contribution is 2.19. The summed E-state index contributed by atoms with van der Waals surface area (Å²) in [5, 5.41) is 9.37. The van der Waals surface area contributed by atoms with Crippen LogP contribution in [0.4, 0.5) is 0 Å². The minimum absolute atomic E-state index is 0.428. The van der Waals surface area contributed by atoms with Gasteiger partial charge in [0.15, 0.2) is 0 Å². The third-order valence-electron chi connectivity index (χ3n) is 1.75. The van der Waals surface area contributed by atoms with Gasteiger partial charge in [0.25, 0.3) is 0 Å². The molecule has 0 amide bonds. The van der Waals surface area contributed by atoms with Crippen LogP contribution in [0.3, 0.4) is 0 Å². The van der Waals surface area contributed by atoms with Crippen molar-refractivity contribution in [3.8, 4) is 5.75 Å². The van der Waals surface area contributed by atoms with Gasteiger partial charge in [-0.3, -0.25) is 0 Å². The number of benzene rings is 1. The molecule has 0 aliphatic carbocycles. The van der Waals surface area contributed by atoms with Gasteiger partial charge >= 0.3 is 0 Å². The Morgan fingerprint density at radius 3 is 2.73 bits per heavy atom. The molecule has 0 aromatic heterocycles. The quantitative estimate of drug-likeness (QED) is 0.687. The monoisotopic (exact) mass is 150 g/mol. The minimum Gasteiger partial charge on any atom is -0.508 e. The molecule has 0 atom stereocenters. The van der Waals surface area contributed by atoms with Crippen molar-refractivity contribution in [1.29, 1.82) is 0 Å². The zero-order chi connectivity index (χ0) is 8.27. The molecule has 0 saturated carbocycles. The number of aromatic hydroxyl groups is 1. The molecule has 0 heterocycles. The molecule has 0 fully saturated rings. The van der Waals surface area contributed by atoms with Crippen LogP contribution in [-0.2, 0) is 6.42 Å². The van der Waals surface area contributed by atoms with E-state index in [2.05, 4.69) is 6.92 Å². The standard InChI is InChI=1S/C10H14O/c1-3-4-9-7-8(2)5-6-10(9)11/h5-7,11H,3-4H2,1-2H3. The van der Waals surface area contributed by atoms with Crippen LogP contribution in [0.1, 0.15) is 24.5 Å². The van der Waals surface area contributed by atoms with Crippen molar-refractivity contribution in [2.24, 2.45) is 0 Å². The van der Waals surface area contributed by atoms with Gasteiger partial charge in [0.05, 0.1) is 0 Å². The molecule has 11 heavy (non-hydrogen) atoms. The zero-order valence-corrected chi connectivity index (χ0v) is 7.09. The van der Waals surface area contributed by atoms with E-state index in [1.807, 2.05) is 19.1 Å². The summed E-state index contributed by atoms with van der Waals surface area (Å²) < 4.78 is 0. The van der Waals surface area contributed by atoms with Gasteiger partial charge in [-0.05, 0) is 25.0 Å². The molecule has 0 aliphatic rings. The number of phenolic OH excluding ortho intramolecular Hbond substituents is 1. The van der Waals surface area contributed by atoms with E-state index in [0.29, 0.717) is 5.75 Å². The fourth-order valence-corrected chi connectivity index (χ4v) is 1.18. The lowest BCUT2D eigenvalue weighted by Gasteiger charge is -2.02. The molecular formula is C10H14O. The fourth-order valence-electron chi connectivity index (χ4n) is 1.18. The zero-order valence-electron chi connectivity index (χ0n) is 7.09. The highest BCUT2D eigenvalue weighted by molar-refractivity contribution is 5.35. The van der Waals surface area contributed by atoms with Crippen molar-refractivity contribution < 1.29 is 5.11 Å². The fraction of sp³-hybridized carbons (Fsp3) is 0.400. The highest BCUT2D eigenvalue weighted by atomic mass is 16.3. The Bertz CT molecular complexity index is 241. The first-order valence-electron chi connectivity index (χ1n) is 4.02. The SMILES string of the molecule is CCCc1cc(C)ccc1O. The Morgan fingerprint density at radius 1 is 1.36 bits per heavy atom. The topological polar surface area (TPSA) is 20.2 Å². The number of phenols is 1. The first-order valence-corrected chi connectivity index (χ1v) is 4.02. The molecular weight excluding hydrogens is 136 g/mol. The van der Waals surface area contributed by atoms with E-state index in [4.69, 9.17) is 0 Å². The molecule has 0 spiro atoms. The maximum atomic E-state index is 9.37. The molecule has 60 valence electrons. The van der Waals surface area contributed by atoms with Gasteiger partial charge in [0, 0.05) is 0 Å². The van der Waals surface area contributed by atoms with E-state index in [1.54, 1.807) is 6.07 Å². The third kappa shape index (κ3) is 1.97. The van der Waals surface area contributed by atoms with Gasteiger partial charge in [-0.15, -0.1) is 0 Å². The molecule has 1 nitrogen and oxygen atoms in total. The Morgan fingerprint density at radius 2 is 2.09 bits per heavy atom. The van der Waals surface area contributed by atoms with E-state index < -0.39 is 0 Å². The van der Waals surface area contributed by atoms with Crippen LogP contribution in [0.25, 0.3) is 0 Å². The molecule has 0 unspecified atom stereocenters. The van der Waals surface area contributed by atoms with Crippen LogP contribution >= 0.6 is 0 Å². The first kappa shape index (κ1) is 8.12. The van der Waals surface area contributed by atoms with E-state index in [-0.39, 0.29) is 0 Å². The molecule has 1 heteroatoms. The van der Waals surface area contributed by atoms with Crippen LogP contribution in [0.15, 0.2) is 18.2 Å². The summed E-state index contributed by atoms with van der Waals surface area (Å²) in [6, 6.07) is 5.73. The van der Waals surface area contributed by atoms with Crippen molar-refractivity contribution in [3.63, 3.8) is 0 Å². The smallest absolute Gasteiger partial charge is 0.118 e. The van der Waals surface area contributed by atoms with E-state index in [1.165, 1.54) is 5.56 Å². The van der Waals surface area contributed by atoms with E-state index in [0.717, 1.165) is 18.4 Å². The minimum atomic E-state index is 0.428. The van der Waals surface area contributed by atoms with Gasteiger partial charge in [0.1, 0.15) is 5.75 Å². The second kappa shape index (κ2) is 3.42. The summed E-state index contributed by atoms with van der Waals surface area (Å²) in [6.45, 7) is 4.15. The second-order valence-corrected chi connectivity index (χ2v) is 2.88. The van der Waals surface area contributed by atoms with E-state index in [9.17, 15) is 5.11 Å². The van der Waals surface area contributed by atoms with Crippen LogP contribution in [0.5, 0.6) is 5.75 Å². The molecule has 0 aliphatic heterocycles. The Kier molecular flexibility index (Phi) is 2.53. The molecule has 1 N–H and O–H groups in total. The van der Waals surface area contributed by atoms with Crippen molar-refractivity contribution in [3.05, 3.63) is 29.3 Å². The van der Waals surface area contributed by atoms with Crippen LogP contribution in [0, 0.1) is 6.92 Å². The predicted molar refractivity (Wildman–Crippen MR) is 46.8 cm³/mol. The summed E-state index contributed by atoms with van der Waals surface area (Å²) in [5.41, 5.74) is 2.28. The summed E-state index contributed by atoms with van der Waals surface area (Å²) >= 11 is 0. The Labute approximate surface area is 67.7 Å². The molecule has 0 saturated heterocycles. The van der Waals surface area contributed by atoms with Crippen molar-refractivity contribution in [1.82, 2.24) is 0 Å². The van der Waals surface area contributed by atoms with Gasteiger partial charge in [-0.1, -0.05) is 31.0 Å². The summed E-state index contributed by atoms with van der Waals surface area (Å²) in [7, 11) is 0. The Balaban J connectivity index is 2.93. The number of rotatable bonds is 2. The summed E-state index contributed by atoms with van der Waals surface area (Å²) in [4.78, 5) is 0. The van der Waals surface area contributed by atoms with Gasteiger partial charge in [0.2, 0.25) is 0 Å². The molecule has 0 bridgehead atoms. The number of aryl methyl sites for hydroxylation is 2. The van der Waals surface area contributed by atoms with Crippen LogP contribution < -0.4 is 0 Å². The van der Waals surface area contributed by atoms with Gasteiger partial charge in [-0.25, -0.2) is 0 Å². The lowest BCUT2D eigenvalue weighted by Crippen LogP contribution is -1.84. The summed E-state index contributed by atoms with van der Waals surface area (Å²) in [5.74, 6) is 0.428. The normalized spacial score (nSPS) is 10.0. The average Bonchev–Trinajstić information content (AvgIpc) is 1.98.